The highest BCUT2D eigenvalue weighted by Gasteiger charge is 2.04. The summed E-state index contributed by atoms with van der Waals surface area (Å²) in [5.41, 5.74) is 3.31. The van der Waals surface area contributed by atoms with Crippen LogP contribution in [0.25, 0.3) is 5.65 Å². The fourth-order valence-corrected chi connectivity index (χ4v) is 2.40. The molecule has 0 amide bonds. The molecule has 0 fully saturated rings. The van der Waals surface area contributed by atoms with Crippen LogP contribution >= 0.6 is 0 Å². The summed E-state index contributed by atoms with van der Waals surface area (Å²) in [4.78, 5) is 8.59. The van der Waals surface area contributed by atoms with E-state index in [4.69, 9.17) is 0 Å². The van der Waals surface area contributed by atoms with E-state index in [1.807, 2.05) is 48.1 Å². The van der Waals surface area contributed by atoms with Gasteiger partial charge >= 0.3 is 0 Å². The predicted octanol–water partition coefficient (Wildman–Crippen LogP) is 4.79. The zero-order valence-corrected chi connectivity index (χ0v) is 14.9. The number of aryl methyl sites for hydroxylation is 1. The molecule has 0 unspecified atom stereocenters. The summed E-state index contributed by atoms with van der Waals surface area (Å²) in [5, 5.41) is 6.38. The van der Waals surface area contributed by atoms with E-state index in [1.54, 1.807) is 19.3 Å². The van der Waals surface area contributed by atoms with E-state index in [-0.39, 0.29) is 0 Å². The van der Waals surface area contributed by atoms with Crippen LogP contribution in [-0.4, -0.2) is 21.4 Å². The molecule has 0 bridgehead atoms. The Kier molecular flexibility index (Phi) is 5.61. The summed E-state index contributed by atoms with van der Waals surface area (Å²) in [6, 6.07) is 11.5. The molecule has 4 rings (SSSR count). The maximum atomic E-state index is 12.3. The van der Waals surface area contributed by atoms with Crippen molar-refractivity contribution in [3.63, 3.8) is 0 Å². The first-order chi connectivity index (χ1) is 13.1. The zero-order valence-electron chi connectivity index (χ0n) is 14.9. The average Bonchev–Trinajstić information content (AvgIpc) is 3.16. The Hall–Kier alpha value is -3.48. The minimum absolute atomic E-state index is 0.469. The van der Waals surface area contributed by atoms with E-state index in [0.717, 1.165) is 28.9 Å². The highest BCUT2D eigenvalue weighted by atomic mass is 19.1. The second-order valence-corrected chi connectivity index (χ2v) is 5.78. The molecule has 0 aliphatic heterocycles. The summed E-state index contributed by atoms with van der Waals surface area (Å²) < 4.78 is 26.4. The Bertz CT molecular complexity index is 1050. The molecule has 2 aromatic heterocycles. The van der Waals surface area contributed by atoms with Crippen LogP contribution in [0.15, 0.2) is 67.3 Å². The average molecular weight is 367 g/mol. The van der Waals surface area contributed by atoms with Gasteiger partial charge in [-0.1, -0.05) is 12.1 Å². The molecule has 0 radical (unpaired) electrons. The fourth-order valence-electron chi connectivity index (χ4n) is 2.40. The lowest BCUT2D eigenvalue weighted by molar-refractivity contribution is 0.577. The number of imidazole rings is 1. The summed E-state index contributed by atoms with van der Waals surface area (Å²) in [6.45, 7) is 1.59. The molecule has 5 nitrogen and oxygen atoms in total. The maximum Gasteiger partial charge on any atom is 0.180 e. The number of aromatic nitrogens is 3. The van der Waals surface area contributed by atoms with Gasteiger partial charge in [-0.3, -0.25) is 0 Å². The van der Waals surface area contributed by atoms with Gasteiger partial charge in [0, 0.05) is 49.3 Å². The molecule has 2 N–H and O–H groups in total. The Morgan fingerprint density at radius 1 is 0.926 bits per heavy atom. The molecule has 7 heteroatoms. The minimum atomic E-state index is -0.530. The Morgan fingerprint density at radius 2 is 1.67 bits per heavy atom. The summed E-state index contributed by atoms with van der Waals surface area (Å²) >= 11 is 0. The van der Waals surface area contributed by atoms with E-state index in [2.05, 4.69) is 20.6 Å². The van der Waals surface area contributed by atoms with Crippen LogP contribution < -0.4 is 10.6 Å². The third kappa shape index (κ3) is 4.58. The quantitative estimate of drug-likeness (QED) is 0.547. The van der Waals surface area contributed by atoms with Crippen molar-refractivity contribution in [1.29, 1.82) is 0 Å². The first-order valence-electron chi connectivity index (χ1n) is 8.31. The van der Waals surface area contributed by atoms with Crippen molar-refractivity contribution in [3.8, 4) is 0 Å². The second kappa shape index (κ2) is 8.27. The highest BCUT2D eigenvalue weighted by molar-refractivity contribution is 5.71. The molecule has 138 valence electrons. The maximum absolute atomic E-state index is 12.3. The van der Waals surface area contributed by atoms with Crippen molar-refractivity contribution in [3.05, 3.63) is 84.4 Å². The largest absolute Gasteiger partial charge is 0.388 e. The number of rotatable bonds is 3. The first kappa shape index (κ1) is 18.3. The second-order valence-electron chi connectivity index (χ2n) is 5.78. The Balaban J connectivity index is 0.000000197. The minimum Gasteiger partial charge on any atom is -0.388 e. The van der Waals surface area contributed by atoms with Crippen molar-refractivity contribution in [2.45, 2.75) is 6.92 Å². The van der Waals surface area contributed by atoms with Gasteiger partial charge in [0.1, 0.15) is 11.6 Å². The van der Waals surface area contributed by atoms with E-state index in [1.165, 1.54) is 12.1 Å². The van der Waals surface area contributed by atoms with Gasteiger partial charge < -0.3 is 15.0 Å². The molecular weight excluding hydrogens is 348 g/mol. The molecule has 0 saturated heterocycles. The van der Waals surface area contributed by atoms with Crippen LogP contribution in [0.2, 0.25) is 0 Å². The first-order valence-corrected chi connectivity index (χ1v) is 8.31. The van der Waals surface area contributed by atoms with Crippen LogP contribution in [0.5, 0.6) is 0 Å². The predicted molar refractivity (Wildman–Crippen MR) is 103 cm³/mol. The van der Waals surface area contributed by atoms with Gasteiger partial charge in [-0.05, 0) is 36.8 Å². The number of fused-ring (bicyclic) bond motifs is 1. The summed E-state index contributed by atoms with van der Waals surface area (Å²) in [7, 11) is 1.90. The van der Waals surface area contributed by atoms with Gasteiger partial charge in [-0.25, -0.2) is 18.7 Å². The van der Waals surface area contributed by atoms with Gasteiger partial charge in [0.05, 0.1) is 0 Å². The lowest BCUT2D eigenvalue weighted by Gasteiger charge is -2.08. The van der Waals surface area contributed by atoms with Crippen molar-refractivity contribution in [1.82, 2.24) is 14.4 Å². The molecule has 4 aromatic rings. The molecule has 27 heavy (non-hydrogen) atoms. The standard InChI is InChI=1S/C13H13N5.C7H6F2/c1-14-10-3-2-4-11(9-10)17-12-13-16-6-8-18(13)7-5-15-12;1-5-2-3-6(8)4-7(5)9/h2-9,14H,1H3,(H,15,17);2-4H,1H3. The van der Waals surface area contributed by atoms with Crippen LogP contribution in [0.4, 0.5) is 26.0 Å². The Morgan fingerprint density at radius 3 is 2.37 bits per heavy atom. The van der Waals surface area contributed by atoms with E-state index in [0.29, 0.717) is 5.56 Å². The molecule has 0 spiro atoms. The number of anilines is 3. The van der Waals surface area contributed by atoms with Crippen LogP contribution in [0, 0.1) is 18.6 Å². The molecule has 0 aliphatic rings. The van der Waals surface area contributed by atoms with Crippen LogP contribution in [0.3, 0.4) is 0 Å². The number of nitrogens with one attached hydrogen (secondary N) is 2. The smallest absolute Gasteiger partial charge is 0.180 e. The lowest BCUT2D eigenvalue weighted by atomic mass is 10.2. The van der Waals surface area contributed by atoms with Crippen molar-refractivity contribution >= 4 is 22.8 Å². The Labute approximate surface area is 155 Å². The zero-order chi connectivity index (χ0) is 19.2. The molecule has 2 heterocycles. The van der Waals surface area contributed by atoms with E-state index in [9.17, 15) is 8.78 Å². The van der Waals surface area contributed by atoms with Crippen LogP contribution in [0.1, 0.15) is 5.56 Å². The number of halogens is 2. The van der Waals surface area contributed by atoms with Gasteiger partial charge in [-0.2, -0.15) is 0 Å². The summed E-state index contributed by atoms with van der Waals surface area (Å²) in [6.07, 6.45) is 7.27. The highest BCUT2D eigenvalue weighted by Crippen LogP contribution is 2.20. The van der Waals surface area contributed by atoms with Crippen molar-refractivity contribution in [2.75, 3.05) is 17.7 Å². The fraction of sp³-hybridized carbons (Fsp3) is 0.100. The molecular formula is C20H19F2N5. The number of hydrogen-bond acceptors (Lipinski definition) is 4. The monoisotopic (exact) mass is 367 g/mol. The number of hydrogen-bond donors (Lipinski definition) is 2. The van der Waals surface area contributed by atoms with Crippen LogP contribution in [-0.2, 0) is 0 Å². The SMILES string of the molecule is CNc1cccc(Nc2nccn3ccnc23)c1.Cc1ccc(F)cc1F. The third-order valence-electron chi connectivity index (χ3n) is 3.86. The third-order valence-corrected chi connectivity index (χ3v) is 3.86. The number of nitrogens with zero attached hydrogens (tertiary/aromatic N) is 3. The van der Waals surface area contributed by atoms with Crippen molar-refractivity contribution < 1.29 is 8.78 Å². The topological polar surface area (TPSA) is 54.2 Å². The number of benzene rings is 2. The molecule has 0 saturated carbocycles. The van der Waals surface area contributed by atoms with Gasteiger partial charge in [0.25, 0.3) is 0 Å². The van der Waals surface area contributed by atoms with Crippen molar-refractivity contribution in [2.24, 2.45) is 0 Å². The molecule has 0 atom stereocenters. The van der Waals surface area contributed by atoms with E-state index >= 15 is 0 Å². The lowest BCUT2D eigenvalue weighted by Crippen LogP contribution is -1.98. The van der Waals surface area contributed by atoms with Gasteiger partial charge in [0.15, 0.2) is 11.5 Å². The van der Waals surface area contributed by atoms with Gasteiger partial charge in [-0.15, -0.1) is 0 Å². The molecule has 0 aliphatic carbocycles. The normalized spacial score (nSPS) is 10.2. The molecule has 2 aromatic carbocycles. The van der Waals surface area contributed by atoms with Gasteiger partial charge in [0.2, 0.25) is 0 Å². The van der Waals surface area contributed by atoms with E-state index < -0.39 is 11.6 Å². The summed E-state index contributed by atoms with van der Waals surface area (Å²) in [5.74, 6) is -0.274.